The molecule has 5 heteroatoms. The molecule has 1 rings (SSSR count). The van der Waals surface area contributed by atoms with Gasteiger partial charge in [-0.05, 0) is 19.0 Å². The topological polar surface area (TPSA) is 65.2 Å². The van der Waals surface area contributed by atoms with E-state index < -0.39 is 10.8 Å². The van der Waals surface area contributed by atoms with E-state index in [0.717, 1.165) is 12.0 Å². The SMILES string of the molecule is COc1ncccc1CS(=O)CCCN. The van der Waals surface area contributed by atoms with Crippen LogP contribution >= 0.6 is 0 Å². The van der Waals surface area contributed by atoms with Crippen LogP contribution in [0.5, 0.6) is 5.88 Å². The predicted octanol–water partition coefficient (Wildman–Crippen LogP) is 0.688. The lowest BCUT2D eigenvalue weighted by molar-refractivity contribution is 0.394. The highest BCUT2D eigenvalue weighted by Crippen LogP contribution is 2.15. The van der Waals surface area contributed by atoms with Crippen molar-refractivity contribution in [2.45, 2.75) is 12.2 Å². The molecule has 0 aliphatic heterocycles. The Morgan fingerprint density at radius 3 is 3.07 bits per heavy atom. The number of pyridine rings is 1. The molecule has 0 aliphatic rings. The fraction of sp³-hybridized carbons (Fsp3) is 0.500. The van der Waals surface area contributed by atoms with E-state index >= 15 is 0 Å². The molecule has 2 N–H and O–H groups in total. The largest absolute Gasteiger partial charge is 0.481 e. The van der Waals surface area contributed by atoms with Crippen molar-refractivity contribution in [1.29, 1.82) is 0 Å². The number of nitrogens with zero attached hydrogens (tertiary/aromatic N) is 1. The average Bonchev–Trinajstić information content (AvgIpc) is 2.27. The van der Waals surface area contributed by atoms with Gasteiger partial charge in [0.05, 0.1) is 12.9 Å². The Labute approximate surface area is 92.3 Å². The molecule has 0 bridgehead atoms. The Hall–Kier alpha value is -0.940. The van der Waals surface area contributed by atoms with E-state index in [0.29, 0.717) is 23.9 Å². The molecule has 1 aromatic heterocycles. The van der Waals surface area contributed by atoms with Gasteiger partial charge in [0.2, 0.25) is 5.88 Å². The molecule has 0 aliphatic carbocycles. The number of nitrogens with two attached hydrogens (primary N) is 1. The minimum Gasteiger partial charge on any atom is -0.481 e. The highest BCUT2D eigenvalue weighted by Gasteiger charge is 2.07. The zero-order chi connectivity index (χ0) is 11.1. The molecule has 0 saturated heterocycles. The van der Waals surface area contributed by atoms with Gasteiger partial charge in [-0.2, -0.15) is 0 Å². The van der Waals surface area contributed by atoms with E-state index in [4.69, 9.17) is 10.5 Å². The van der Waals surface area contributed by atoms with Gasteiger partial charge in [0.25, 0.3) is 0 Å². The van der Waals surface area contributed by atoms with E-state index in [2.05, 4.69) is 4.98 Å². The minimum atomic E-state index is -0.883. The smallest absolute Gasteiger partial charge is 0.217 e. The first kappa shape index (κ1) is 12.1. The van der Waals surface area contributed by atoms with Crippen LogP contribution in [0.4, 0.5) is 0 Å². The molecule has 1 aromatic rings. The second-order valence-corrected chi connectivity index (χ2v) is 4.68. The predicted molar refractivity (Wildman–Crippen MR) is 61.2 cm³/mol. The first-order valence-electron chi connectivity index (χ1n) is 4.81. The van der Waals surface area contributed by atoms with Crippen LogP contribution in [0.25, 0.3) is 0 Å². The summed E-state index contributed by atoms with van der Waals surface area (Å²) in [5, 5.41) is 0. The molecular formula is C10H16N2O2S. The minimum absolute atomic E-state index is 0.483. The molecule has 1 heterocycles. The molecule has 0 saturated carbocycles. The lowest BCUT2D eigenvalue weighted by Crippen LogP contribution is -2.08. The summed E-state index contributed by atoms with van der Waals surface area (Å²) < 4.78 is 16.7. The summed E-state index contributed by atoms with van der Waals surface area (Å²) in [6.45, 7) is 0.579. The maximum atomic E-state index is 11.6. The van der Waals surface area contributed by atoms with Crippen LogP contribution in [-0.2, 0) is 16.6 Å². The van der Waals surface area contributed by atoms with Crippen LogP contribution in [0.3, 0.4) is 0 Å². The van der Waals surface area contributed by atoms with Gasteiger partial charge in [-0.15, -0.1) is 0 Å². The first-order valence-corrected chi connectivity index (χ1v) is 6.29. The van der Waals surface area contributed by atoms with Crippen LogP contribution < -0.4 is 10.5 Å². The summed E-state index contributed by atoms with van der Waals surface area (Å²) >= 11 is 0. The van der Waals surface area contributed by atoms with Crippen LogP contribution in [0.1, 0.15) is 12.0 Å². The number of methoxy groups -OCH3 is 1. The normalized spacial score (nSPS) is 12.4. The van der Waals surface area contributed by atoms with Gasteiger partial charge in [-0.3, -0.25) is 4.21 Å². The van der Waals surface area contributed by atoms with Crippen molar-refractivity contribution in [2.24, 2.45) is 5.73 Å². The van der Waals surface area contributed by atoms with E-state index in [9.17, 15) is 4.21 Å². The van der Waals surface area contributed by atoms with Crippen molar-refractivity contribution in [3.05, 3.63) is 23.9 Å². The highest BCUT2D eigenvalue weighted by molar-refractivity contribution is 7.84. The summed E-state index contributed by atoms with van der Waals surface area (Å²) in [4.78, 5) is 4.05. The molecule has 4 nitrogen and oxygen atoms in total. The van der Waals surface area contributed by atoms with E-state index in [1.807, 2.05) is 12.1 Å². The second-order valence-electron chi connectivity index (χ2n) is 3.10. The van der Waals surface area contributed by atoms with Crippen molar-refractivity contribution >= 4 is 10.8 Å². The van der Waals surface area contributed by atoms with Gasteiger partial charge in [-0.1, -0.05) is 6.07 Å². The van der Waals surface area contributed by atoms with Gasteiger partial charge in [-0.25, -0.2) is 4.98 Å². The fourth-order valence-corrected chi connectivity index (χ4v) is 2.41. The fourth-order valence-electron chi connectivity index (χ4n) is 1.21. The van der Waals surface area contributed by atoms with Crippen LogP contribution in [0.2, 0.25) is 0 Å². The Kier molecular flexibility index (Phi) is 5.28. The lowest BCUT2D eigenvalue weighted by Gasteiger charge is -2.06. The summed E-state index contributed by atoms with van der Waals surface area (Å²) in [5.74, 6) is 1.67. The Morgan fingerprint density at radius 2 is 2.40 bits per heavy atom. The maximum absolute atomic E-state index is 11.6. The molecule has 0 aromatic carbocycles. The summed E-state index contributed by atoms with van der Waals surface area (Å²) in [5.41, 5.74) is 6.24. The van der Waals surface area contributed by atoms with E-state index in [-0.39, 0.29) is 0 Å². The number of aromatic nitrogens is 1. The van der Waals surface area contributed by atoms with Crippen molar-refractivity contribution in [3.63, 3.8) is 0 Å². The third kappa shape index (κ3) is 3.97. The zero-order valence-corrected chi connectivity index (χ0v) is 9.63. The Balaban J connectivity index is 2.59. The molecule has 0 radical (unpaired) electrons. The Morgan fingerprint density at radius 1 is 1.60 bits per heavy atom. The quantitative estimate of drug-likeness (QED) is 0.778. The third-order valence-corrected chi connectivity index (χ3v) is 3.31. The molecule has 0 fully saturated rings. The van der Waals surface area contributed by atoms with Crippen molar-refractivity contribution in [3.8, 4) is 5.88 Å². The molecule has 1 unspecified atom stereocenters. The maximum Gasteiger partial charge on any atom is 0.217 e. The van der Waals surface area contributed by atoms with Gasteiger partial charge in [0, 0.05) is 28.3 Å². The van der Waals surface area contributed by atoms with Crippen LogP contribution in [-0.4, -0.2) is 28.6 Å². The number of hydrogen-bond donors (Lipinski definition) is 1. The van der Waals surface area contributed by atoms with Crippen molar-refractivity contribution in [1.82, 2.24) is 4.98 Å². The average molecular weight is 228 g/mol. The highest BCUT2D eigenvalue weighted by atomic mass is 32.2. The molecule has 84 valence electrons. The van der Waals surface area contributed by atoms with Crippen LogP contribution in [0.15, 0.2) is 18.3 Å². The molecule has 15 heavy (non-hydrogen) atoms. The van der Waals surface area contributed by atoms with Gasteiger partial charge < -0.3 is 10.5 Å². The zero-order valence-electron chi connectivity index (χ0n) is 8.81. The second kappa shape index (κ2) is 6.53. The van der Waals surface area contributed by atoms with Gasteiger partial charge >= 0.3 is 0 Å². The van der Waals surface area contributed by atoms with Crippen molar-refractivity contribution < 1.29 is 8.95 Å². The number of hydrogen-bond acceptors (Lipinski definition) is 4. The van der Waals surface area contributed by atoms with E-state index in [1.165, 1.54) is 0 Å². The summed E-state index contributed by atoms with van der Waals surface area (Å²) in [6, 6.07) is 3.70. The van der Waals surface area contributed by atoms with Crippen molar-refractivity contribution in [2.75, 3.05) is 19.4 Å². The molecule has 0 amide bonds. The molecule has 1 atom stereocenters. The Bertz CT molecular complexity index is 331. The lowest BCUT2D eigenvalue weighted by atomic mass is 10.3. The molecule has 0 spiro atoms. The third-order valence-electron chi connectivity index (χ3n) is 1.94. The van der Waals surface area contributed by atoms with Gasteiger partial charge in [0.15, 0.2) is 0 Å². The standard InChI is InChI=1S/C10H16N2O2S/c1-14-10-9(4-2-6-12-10)8-15(13)7-3-5-11/h2,4,6H,3,5,7-8,11H2,1H3. The summed E-state index contributed by atoms with van der Waals surface area (Å²) in [7, 11) is 0.681. The number of rotatable bonds is 6. The van der Waals surface area contributed by atoms with Crippen LogP contribution in [0, 0.1) is 0 Å². The summed E-state index contributed by atoms with van der Waals surface area (Å²) in [6.07, 6.45) is 2.44. The number of ether oxygens (including phenoxy) is 1. The van der Waals surface area contributed by atoms with Gasteiger partial charge in [0.1, 0.15) is 0 Å². The first-order chi connectivity index (χ1) is 7.27. The monoisotopic (exact) mass is 228 g/mol. The van der Waals surface area contributed by atoms with E-state index in [1.54, 1.807) is 13.3 Å². The molecular weight excluding hydrogens is 212 g/mol.